The number of carbonyl (C=O) groups excluding carboxylic acids is 1. The summed E-state index contributed by atoms with van der Waals surface area (Å²) in [6, 6.07) is 15.1. The Balaban J connectivity index is 1.47. The van der Waals surface area contributed by atoms with Gasteiger partial charge in [-0.15, -0.1) is 0 Å². The number of aromatic nitrogens is 2. The maximum Gasteiger partial charge on any atom is 0.303 e. The Kier molecular flexibility index (Phi) is 9.18. The fourth-order valence-corrected chi connectivity index (χ4v) is 4.34. The number of aliphatic hydroxyl groups excluding tert-OH is 1. The Morgan fingerprint density at radius 3 is 2.30 bits per heavy atom. The van der Waals surface area contributed by atoms with Crippen LogP contribution in [0.2, 0.25) is 10.3 Å². The molecule has 0 saturated carbocycles. The number of nitrogens with one attached hydrogen (secondary N) is 1. The molecule has 11 heteroatoms. The second-order valence-electron chi connectivity index (χ2n) is 8.74. The molecule has 0 bridgehead atoms. The number of imidazole rings is 1. The van der Waals surface area contributed by atoms with Crippen molar-refractivity contribution in [1.29, 1.82) is 0 Å². The van der Waals surface area contributed by atoms with E-state index in [-0.39, 0.29) is 49.3 Å². The van der Waals surface area contributed by atoms with Gasteiger partial charge in [-0.3, -0.25) is 9.59 Å². The van der Waals surface area contributed by atoms with Gasteiger partial charge in [0.2, 0.25) is 5.91 Å². The number of benzene rings is 2. The summed E-state index contributed by atoms with van der Waals surface area (Å²) in [5.74, 6) is -1.33. The molecule has 0 radical (unpaired) electrons. The number of carboxylic acids is 1. The molecule has 0 spiro atoms. The van der Waals surface area contributed by atoms with Gasteiger partial charge in [-0.25, -0.2) is 4.98 Å². The molecular weight excluding hydrogens is 521 g/mol. The lowest BCUT2D eigenvalue weighted by Gasteiger charge is -2.36. The van der Waals surface area contributed by atoms with Gasteiger partial charge in [0.05, 0.1) is 38.1 Å². The maximum atomic E-state index is 11.8. The molecule has 1 aliphatic rings. The van der Waals surface area contributed by atoms with Crippen molar-refractivity contribution >= 4 is 35.1 Å². The van der Waals surface area contributed by atoms with Gasteiger partial charge in [0, 0.05) is 24.9 Å². The molecule has 0 unspecified atom stereocenters. The molecule has 3 atom stereocenters. The molecule has 1 aromatic heterocycles. The normalized spacial score (nSPS) is 19.5. The van der Waals surface area contributed by atoms with E-state index in [1.807, 2.05) is 48.5 Å². The third-order valence-corrected chi connectivity index (χ3v) is 6.83. The number of rotatable bonds is 10. The van der Waals surface area contributed by atoms with Crippen molar-refractivity contribution in [2.24, 2.45) is 0 Å². The van der Waals surface area contributed by atoms with Crippen molar-refractivity contribution < 1.29 is 29.3 Å². The van der Waals surface area contributed by atoms with Gasteiger partial charge < -0.3 is 29.6 Å². The third kappa shape index (κ3) is 7.30. The summed E-state index contributed by atoms with van der Waals surface area (Å²) in [5.41, 5.74) is 3.44. The lowest BCUT2D eigenvalue weighted by atomic mass is 10.00. The van der Waals surface area contributed by atoms with Gasteiger partial charge in [-0.1, -0.05) is 71.7 Å². The summed E-state index contributed by atoms with van der Waals surface area (Å²) in [6.07, 6.45) is 0.705. The maximum absolute atomic E-state index is 11.8. The number of hydrogen-bond acceptors (Lipinski definition) is 6. The lowest BCUT2D eigenvalue weighted by molar-refractivity contribution is -0.252. The van der Waals surface area contributed by atoms with E-state index in [1.165, 1.54) is 0 Å². The van der Waals surface area contributed by atoms with E-state index in [0.29, 0.717) is 18.1 Å². The molecule has 4 rings (SSSR count). The van der Waals surface area contributed by atoms with Crippen LogP contribution >= 0.6 is 23.2 Å². The van der Waals surface area contributed by atoms with E-state index in [9.17, 15) is 14.7 Å². The van der Waals surface area contributed by atoms with Gasteiger partial charge in [0.25, 0.3) is 0 Å². The highest BCUT2D eigenvalue weighted by Crippen LogP contribution is 2.38. The minimum absolute atomic E-state index is 0.0353. The topological polar surface area (TPSA) is 123 Å². The Bertz CT molecular complexity index is 1220. The van der Waals surface area contributed by atoms with Crippen LogP contribution in [0.15, 0.2) is 54.9 Å². The summed E-state index contributed by atoms with van der Waals surface area (Å²) in [5, 5.41) is 21.4. The third-order valence-electron chi connectivity index (χ3n) is 6.06. The molecule has 1 aliphatic heterocycles. The molecule has 2 aromatic carbocycles. The number of carboxylic acid groups (broad SMARTS) is 1. The van der Waals surface area contributed by atoms with E-state index >= 15 is 0 Å². The molecule has 3 aromatic rings. The summed E-state index contributed by atoms with van der Waals surface area (Å²) >= 11 is 12.3. The smallest absolute Gasteiger partial charge is 0.303 e. The largest absolute Gasteiger partial charge is 0.481 e. The van der Waals surface area contributed by atoms with Crippen LogP contribution in [0.1, 0.15) is 53.9 Å². The van der Waals surface area contributed by atoms with Crippen LogP contribution in [0.5, 0.6) is 0 Å². The SMILES string of the molecule is O=C(O)CCC(=O)NCc1ccc([C@H]2O[C@@H](Cn3cnc(Cl)c3Cl)C[C@@H](c3ccc(CO)cc3)O2)cc1. The predicted octanol–water partition coefficient (Wildman–Crippen LogP) is 4.41. The predicted molar refractivity (Wildman–Crippen MR) is 136 cm³/mol. The highest BCUT2D eigenvalue weighted by atomic mass is 35.5. The van der Waals surface area contributed by atoms with Crippen LogP contribution < -0.4 is 5.32 Å². The first-order valence-electron chi connectivity index (χ1n) is 11.8. The van der Waals surface area contributed by atoms with Gasteiger partial charge in [-0.05, 0) is 16.7 Å². The van der Waals surface area contributed by atoms with Crippen molar-refractivity contribution in [3.63, 3.8) is 0 Å². The van der Waals surface area contributed by atoms with Crippen molar-refractivity contribution in [2.45, 2.75) is 57.5 Å². The number of amides is 1. The number of halogens is 2. The number of hydrogen-bond donors (Lipinski definition) is 3. The average molecular weight is 548 g/mol. The van der Waals surface area contributed by atoms with E-state index < -0.39 is 12.3 Å². The first-order valence-corrected chi connectivity index (χ1v) is 12.5. The fraction of sp³-hybridized carbons (Fsp3) is 0.346. The van der Waals surface area contributed by atoms with Crippen LogP contribution in [-0.2, 0) is 38.8 Å². The van der Waals surface area contributed by atoms with Crippen molar-refractivity contribution in [3.8, 4) is 0 Å². The Labute approximate surface area is 223 Å². The lowest BCUT2D eigenvalue weighted by Crippen LogP contribution is -2.32. The summed E-state index contributed by atoms with van der Waals surface area (Å²) in [7, 11) is 0. The number of aliphatic hydroxyl groups is 1. The summed E-state index contributed by atoms with van der Waals surface area (Å²) in [4.78, 5) is 26.5. The Hall–Kier alpha value is -2.95. The standard InChI is InChI=1S/C26H27Cl2N3O6/c27-24-25(28)31(15-30-24)13-20-11-21(18-5-3-17(14-32)4-6-18)37-26(36-20)19-7-1-16(2-8-19)12-29-22(33)9-10-23(34)35/h1-8,15,20-21,26,32H,9-14H2,(H,29,33)(H,34,35)/t20-,21+,26+/m1/s1. The Morgan fingerprint density at radius 2 is 1.68 bits per heavy atom. The summed E-state index contributed by atoms with van der Waals surface area (Å²) < 4.78 is 14.4. The van der Waals surface area contributed by atoms with Crippen LogP contribution in [-0.4, -0.2) is 37.7 Å². The highest BCUT2D eigenvalue weighted by Gasteiger charge is 2.32. The van der Waals surface area contributed by atoms with Crippen LogP contribution in [0.25, 0.3) is 0 Å². The minimum Gasteiger partial charge on any atom is -0.481 e. The number of aliphatic carboxylic acids is 1. The first kappa shape index (κ1) is 27.1. The molecule has 9 nitrogen and oxygen atoms in total. The molecule has 3 N–H and O–H groups in total. The van der Waals surface area contributed by atoms with Gasteiger partial charge >= 0.3 is 5.97 Å². The van der Waals surface area contributed by atoms with E-state index in [0.717, 1.165) is 22.3 Å². The second-order valence-corrected chi connectivity index (χ2v) is 9.46. The molecule has 1 amide bonds. The molecule has 1 fully saturated rings. The second kappa shape index (κ2) is 12.5. The van der Waals surface area contributed by atoms with Crippen LogP contribution in [0, 0.1) is 0 Å². The number of ether oxygens (including phenoxy) is 2. The highest BCUT2D eigenvalue weighted by molar-refractivity contribution is 6.40. The van der Waals surface area contributed by atoms with Crippen LogP contribution in [0.4, 0.5) is 0 Å². The first-order chi connectivity index (χ1) is 17.8. The molecule has 196 valence electrons. The zero-order chi connectivity index (χ0) is 26.4. The molecule has 1 saturated heterocycles. The van der Waals surface area contributed by atoms with Gasteiger partial charge in [0.1, 0.15) is 5.15 Å². The summed E-state index contributed by atoms with van der Waals surface area (Å²) in [6.45, 7) is 0.684. The van der Waals surface area contributed by atoms with Crippen LogP contribution in [0.3, 0.4) is 0 Å². The van der Waals surface area contributed by atoms with Crippen molar-refractivity contribution in [2.75, 3.05) is 0 Å². The minimum atomic E-state index is -1.01. The van der Waals surface area contributed by atoms with Crippen molar-refractivity contribution in [1.82, 2.24) is 14.9 Å². The van der Waals surface area contributed by atoms with E-state index in [2.05, 4.69) is 10.3 Å². The zero-order valence-corrected chi connectivity index (χ0v) is 21.4. The molecular formula is C26H27Cl2N3O6. The average Bonchev–Trinajstić information content (AvgIpc) is 3.23. The molecule has 0 aliphatic carbocycles. The Morgan fingerprint density at radius 1 is 1.00 bits per heavy atom. The molecule has 2 heterocycles. The molecule has 37 heavy (non-hydrogen) atoms. The van der Waals surface area contributed by atoms with Crippen molar-refractivity contribution in [3.05, 3.63) is 87.4 Å². The monoisotopic (exact) mass is 547 g/mol. The van der Waals surface area contributed by atoms with Gasteiger partial charge in [0.15, 0.2) is 11.4 Å². The number of nitrogens with zero attached hydrogens (tertiary/aromatic N) is 2. The van der Waals surface area contributed by atoms with Gasteiger partial charge in [-0.2, -0.15) is 0 Å². The zero-order valence-electron chi connectivity index (χ0n) is 19.8. The fourth-order valence-electron chi connectivity index (χ4n) is 4.02. The quantitative estimate of drug-likeness (QED) is 0.343. The van der Waals surface area contributed by atoms with E-state index in [4.69, 9.17) is 37.8 Å². The number of carbonyl (C=O) groups is 2. The van der Waals surface area contributed by atoms with E-state index in [1.54, 1.807) is 10.9 Å².